The Labute approximate surface area is 109 Å². The highest BCUT2D eigenvalue weighted by molar-refractivity contribution is 5.80. The summed E-state index contributed by atoms with van der Waals surface area (Å²) in [5, 5.41) is 6.66. The number of fused-ring (bicyclic) bond motifs is 1. The molecule has 18 heavy (non-hydrogen) atoms. The van der Waals surface area contributed by atoms with Crippen LogP contribution in [0.2, 0.25) is 0 Å². The van der Waals surface area contributed by atoms with Crippen molar-refractivity contribution in [2.75, 3.05) is 26.2 Å². The normalized spacial score (nSPS) is 32.2. The molecular formula is C14H25N3O. The van der Waals surface area contributed by atoms with Crippen LogP contribution in [0.15, 0.2) is 0 Å². The van der Waals surface area contributed by atoms with Crippen LogP contribution in [0.25, 0.3) is 0 Å². The molecule has 1 amide bonds. The Hall–Kier alpha value is -0.610. The summed E-state index contributed by atoms with van der Waals surface area (Å²) in [6.07, 6.45) is 7.59. The number of hydrogen-bond donors (Lipinski definition) is 2. The van der Waals surface area contributed by atoms with E-state index < -0.39 is 0 Å². The molecule has 4 heteroatoms. The number of amides is 1. The number of carbonyl (C=O) groups excluding carboxylic acids is 1. The lowest BCUT2D eigenvalue weighted by molar-refractivity contribution is -0.122. The predicted octanol–water partition coefficient (Wildman–Crippen LogP) is 0.729. The summed E-state index contributed by atoms with van der Waals surface area (Å²) in [7, 11) is 0. The molecule has 2 atom stereocenters. The minimum atomic E-state index is 0.266. The van der Waals surface area contributed by atoms with Gasteiger partial charge in [0.2, 0.25) is 5.91 Å². The first-order valence-electron chi connectivity index (χ1n) is 7.60. The standard InChI is InChI=1S/C14H25N3O/c18-14(11-4-5-11)16-8-7-15-12-6-10-17-9-2-1-3-13(12)17/h11-13,15H,1-10H2,(H,16,18). The highest BCUT2D eigenvalue weighted by Gasteiger charge is 2.35. The molecule has 0 aromatic rings. The molecule has 1 aliphatic carbocycles. The van der Waals surface area contributed by atoms with Gasteiger partial charge in [-0.05, 0) is 38.6 Å². The summed E-state index contributed by atoms with van der Waals surface area (Å²) in [6.45, 7) is 4.27. The number of rotatable bonds is 5. The van der Waals surface area contributed by atoms with Crippen molar-refractivity contribution in [3.05, 3.63) is 0 Å². The first kappa shape index (κ1) is 12.4. The van der Waals surface area contributed by atoms with Gasteiger partial charge in [0.25, 0.3) is 0 Å². The van der Waals surface area contributed by atoms with Gasteiger partial charge in [-0.15, -0.1) is 0 Å². The molecule has 2 heterocycles. The molecule has 3 fully saturated rings. The SMILES string of the molecule is O=C(NCCNC1CCN2CCCCC12)C1CC1. The van der Waals surface area contributed by atoms with E-state index in [2.05, 4.69) is 15.5 Å². The molecule has 3 rings (SSSR count). The van der Waals surface area contributed by atoms with Gasteiger partial charge in [0.15, 0.2) is 0 Å². The molecule has 2 aliphatic heterocycles. The fraction of sp³-hybridized carbons (Fsp3) is 0.929. The van der Waals surface area contributed by atoms with Gasteiger partial charge < -0.3 is 10.6 Å². The van der Waals surface area contributed by atoms with Crippen LogP contribution >= 0.6 is 0 Å². The van der Waals surface area contributed by atoms with Crippen LogP contribution in [0, 0.1) is 5.92 Å². The maximum absolute atomic E-state index is 11.5. The maximum atomic E-state index is 11.5. The Morgan fingerprint density at radius 2 is 1.94 bits per heavy atom. The van der Waals surface area contributed by atoms with Gasteiger partial charge in [0.05, 0.1) is 0 Å². The van der Waals surface area contributed by atoms with Crippen molar-refractivity contribution in [3.8, 4) is 0 Å². The lowest BCUT2D eigenvalue weighted by Crippen LogP contribution is -2.46. The van der Waals surface area contributed by atoms with Gasteiger partial charge >= 0.3 is 0 Å². The summed E-state index contributed by atoms with van der Waals surface area (Å²) < 4.78 is 0. The van der Waals surface area contributed by atoms with E-state index in [4.69, 9.17) is 0 Å². The molecule has 2 N–H and O–H groups in total. The van der Waals surface area contributed by atoms with E-state index in [1.807, 2.05) is 0 Å². The average Bonchev–Trinajstić information content (AvgIpc) is 3.17. The third-order valence-corrected chi connectivity index (χ3v) is 4.63. The summed E-state index contributed by atoms with van der Waals surface area (Å²) in [6, 6.07) is 1.42. The van der Waals surface area contributed by atoms with Crippen molar-refractivity contribution in [2.24, 2.45) is 5.92 Å². The van der Waals surface area contributed by atoms with Gasteiger partial charge in [-0.3, -0.25) is 9.69 Å². The zero-order chi connectivity index (χ0) is 12.4. The zero-order valence-electron chi connectivity index (χ0n) is 11.2. The van der Waals surface area contributed by atoms with E-state index in [0.29, 0.717) is 12.0 Å². The van der Waals surface area contributed by atoms with E-state index in [1.165, 1.54) is 38.8 Å². The second-order valence-corrected chi connectivity index (χ2v) is 6.01. The van der Waals surface area contributed by atoms with E-state index >= 15 is 0 Å². The molecule has 4 nitrogen and oxygen atoms in total. The fourth-order valence-electron chi connectivity index (χ4n) is 3.42. The second kappa shape index (κ2) is 5.57. The van der Waals surface area contributed by atoms with Gasteiger partial charge in [-0.1, -0.05) is 6.42 Å². The second-order valence-electron chi connectivity index (χ2n) is 6.01. The third-order valence-electron chi connectivity index (χ3n) is 4.63. The average molecular weight is 251 g/mol. The predicted molar refractivity (Wildman–Crippen MR) is 71.4 cm³/mol. The third kappa shape index (κ3) is 2.86. The largest absolute Gasteiger partial charge is 0.355 e. The van der Waals surface area contributed by atoms with Crippen LogP contribution in [0.5, 0.6) is 0 Å². The molecule has 0 radical (unpaired) electrons. The van der Waals surface area contributed by atoms with Crippen LogP contribution in [0.1, 0.15) is 38.5 Å². The highest BCUT2D eigenvalue weighted by atomic mass is 16.2. The van der Waals surface area contributed by atoms with E-state index in [-0.39, 0.29) is 5.91 Å². The molecule has 1 saturated carbocycles. The lowest BCUT2D eigenvalue weighted by atomic mass is 9.99. The smallest absolute Gasteiger partial charge is 0.223 e. The van der Waals surface area contributed by atoms with Crippen LogP contribution in [-0.2, 0) is 4.79 Å². The number of carbonyl (C=O) groups is 1. The number of piperidine rings is 1. The van der Waals surface area contributed by atoms with Gasteiger partial charge in [-0.25, -0.2) is 0 Å². The van der Waals surface area contributed by atoms with Gasteiger partial charge in [0, 0.05) is 37.6 Å². The van der Waals surface area contributed by atoms with Crippen molar-refractivity contribution in [1.82, 2.24) is 15.5 Å². The van der Waals surface area contributed by atoms with Crippen molar-refractivity contribution in [3.63, 3.8) is 0 Å². The topological polar surface area (TPSA) is 44.4 Å². The fourth-order valence-corrected chi connectivity index (χ4v) is 3.42. The molecule has 3 aliphatic rings. The molecular weight excluding hydrogens is 226 g/mol. The maximum Gasteiger partial charge on any atom is 0.223 e. The quantitative estimate of drug-likeness (QED) is 0.708. The Kier molecular flexibility index (Phi) is 3.85. The molecule has 0 aromatic carbocycles. The Morgan fingerprint density at radius 3 is 2.78 bits per heavy atom. The number of nitrogens with one attached hydrogen (secondary N) is 2. The van der Waals surface area contributed by atoms with Gasteiger partial charge in [-0.2, -0.15) is 0 Å². The van der Waals surface area contributed by atoms with Crippen LogP contribution < -0.4 is 10.6 Å². The molecule has 2 saturated heterocycles. The monoisotopic (exact) mass is 251 g/mol. The van der Waals surface area contributed by atoms with Crippen LogP contribution in [0.3, 0.4) is 0 Å². The summed E-state index contributed by atoms with van der Waals surface area (Å²) in [5.41, 5.74) is 0. The zero-order valence-corrected chi connectivity index (χ0v) is 11.2. The summed E-state index contributed by atoms with van der Waals surface area (Å²) >= 11 is 0. The highest BCUT2D eigenvalue weighted by Crippen LogP contribution is 2.28. The molecule has 0 bridgehead atoms. The van der Waals surface area contributed by atoms with Crippen molar-refractivity contribution in [1.29, 1.82) is 0 Å². The Balaban J connectivity index is 1.34. The summed E-state index contributed by atoms with van der Waals surface area (Å²) in [4.78, 5) is 14.1. The van der Waals surface area contributed by atoms with Crippen molar-refractivity contribution < 1.29 is 4.79 Å². The Morgan fingerprint density at radius 1 is 1.06 bits per heavy atom. The van der Waals surface area contributed by atoms with Crippen LogP contribution in [0.4, 0.5) is 0 Å². The van der Waals surface area contributed by atoms with E-state index in [0.717, 1.165) is 32.0 Å². The lowest BCUT2D eigenvalue weighted by Gasteiger charge is -2.32. The van der Waals surface area contributed by atoms with Crippen molar-refractivity contribution >= 4 is 5.91 Å². The molecule has 0 spiro atoms. The van der Waals surface area contributed by atoms with Gasteiger partial charge in [0.1, 0.15) is 0 Å². The summed E-state index contributed by atoms with van der Waals surface area (Å²) in [5.74, 6) is 0.604. The molecule has 2 unspecified atom stereocenters. The Bertz CT molecular complexity index is 303. The minimum absolute atomic E-state index is 0.266. The van der Waals surface area contributed by atoms with Crippen molar-refractivity contribution in [2.45, 2.75) is 50.6 Å². The first-order chi connectivity index (χ1) is 8.84. The minimum Gasteiger partial charge on any atom is -0.355 e. The number of nitrogens with zero attached hydrogens (tertiary/aromatic N) is 1. The van der Waals surface area contributed by atoms with E-state index in [9.17, 15) is 4.79 Å². The first-order valence-corrected chi connectivity index (χ1v) is 7.60. The van der Waals surface area contributed by atoms with E-state index in [1.54, 1.807) is 0 Å². The molecule has 102 valence electrons. The number of hydrogen-bond acceptors (Lipinski definition) is 3. The van der Waals surface area contributed by atoms with Crippen LogP contribution in [-0.4, -0.2) is 49.1 Å². The molecule has 0 aromatic heterocycles.